The summed E-state index contributed by atoms with van der Waals surface area (Å²) in [6.07, 6.45) is 0.590. The number of nitrogens with two attached hydrogens (primary N) is 1. The Morgan fingerprint density at radius 2 is 2.00 bits per heavy atom. The molecular formula is C9H17NO4. The van der Waals surface area contributed by atoms with Gasteiger partial charge in [-0.2, -0.15) is 0 Å². The molecule has 0 amide bonds. The number of rotatable bonds is 6. The average Bonchev–Trinajstić information content (AvgIpc) is 2.13. The van der Waals surface area contributed by atoms with Crippen molar-refractivity contribution in [3.63, 3.8) is 0 Å². The molecule has 0 aromatic rings. The van der Waals surface area contributed by atoms with E-state index in [1.165, 1.54) is 0 Å². The number of carboxylic acid groups (broad SMARTS) is 1. The number of hydrogen-bond donors (Lipinski definition) is 2. The predicted octanol–water partition coefficient (Wildman–Crippen LogP) is 0.378. The van der Waals surface area contributed by atoms with E-state index in [4.69, 9.17) is 10.8 Å². The van der Waals surface area contributed by atoms with Gasteiger partial charge in [-0.15, -0.1) is 0 Å². The van der Waals surface area contributed by atoms with Crippen LogP contribution in [-0.2, 0) is 14.3 Å². The van der Waals surface area contributed by atoms with Crippen molar-refractivity contribution >= 4 is 11.9 Å². The van der Waals surface area contributed by atoms with Crippen LogP contribution >= 0.6 is 0 Å². The standard InChI is InChI=1S/C9H17NO4/c1-3-6(8(11)12)5-7(10)9(13)14-4-2/h6-7H,3-5,10H2,1-2H3,(H,11,12)/t6?,7-/m0/s1. The maximum atomic E-state index is 11.1. The highest BCUT2D eigenvalue weighted by molar-refractivity contribution is 5.77. The van der Waals surface area contributed by atoms with E-state index in [2.05, 4.69) is 4.74 Å². The lowest BCUT2D eigenvalue weighted by atomic mass is 9.98. The molecule has 0 heterocycles. The van der Waals surface area contributed by atoms with Gasteiger partial charge in [0, 0.05) is 0 Å². The molecule has 0 aliphatic rings. The third kappa shape index (κ3) is 4.23. The molecule has 0 saturated heterocycles. The van der Waals surface area contributed by atoms with Gasteiger partial charge >= 0.3 is 11.9 Å². The largest absolute Gasteiger partial charge is 0.481 e. The van der Waals surface area contributed by atoms with E-state index in [1.54, 1.807) is 13.8 Å². The van der Waals surface area contributed by atoms with Crippen molar-refractivity contribution in [1.29, 1.82) is 0 Å². The van der Waals surface area contributed by atoms with Crippen molar-refractivity contribution in [1.82, 2.24) is 0 Å². The first-order valence-electron chi connectivity index (χ1n) is 4.67. The molecule has 5 heteroatoms. The summed E-state index contributed by atoms with van der Waals surface area (Å²) >= 11 is 0. The van der Waals surface area contributed by atoms with Crippen LogP contribution in [0.2, 0.25) is 0 Å². The van der Waals surface area contributed by atoms with Crippen LogP contribution in [0.4, 0.5) is 0 Å². The Morgan fingerprint density at radius 1 is 1.43 bits per heavy atom. The van der Waals surface area contributed by atoms with Crippen molar-refractivity contribution in [2.75, 3.05) is 6.61 Å². The zero-order valence-electron chi connectivity index (χ0n) is 8.53. The summed E-state index contributed by atoms with van der Waals surface area (Å²) in [5, 5.41) is 8.73. The van der Waals surface area contributed by atoms with Gasteiger partial charge in [-0.25, -0.2) is 0 Å². The number of hydrogen-bond acceptors (Lipinski definition) is 4. The topological polar surface area (TPSA) is 89.6 Å². The molecule has 0 rings (SSSR count). The van der Waals surface area contributed by atoms with Crippen LogP contribution in [0.3, 0.4) is 0 Å². The van der Waals surface area contributed by atoms with E-state index in [0.29, 0.717) is 6.42 Å². The van der Waals surface area contributed by atoms with E-state index in [1.807, 2.05) is 0 Å². The van der Waals surface area contributed by atoms with E-state index in [-0.39, 0.29) is 13.0 Å². The second kappa shape index (κ2) is 6.37. The molecule has 0 aliphatic carbocycles. The third-order valence-electron chi connectivity index (χ3n) is 1.97. The monoisotopic (exact) mass is 203 g/mol. The first kappa shape index (κ1) is 12.9. The predicted molar refractivity (Wildman–Crippen MR) is 50.6 cm³/mol. The van der Waals surface area contributed by atoms with E-state index in [9.17, 15) is 9.59 Å². The summed E-state index contributed by atoms with van der Waals surface area (Å²) in [5.41, 5.74) is 5.48. The van der Waals surface area contributed by atoms with Crippen LogP contribution in [0, 0.1) is 5.92 Å². The van der Waals surface area contributed by atoms with Gasteiger partial charge in [0.2, 0.25) is 0 Å². The van der Waals surface area contributed by atoms with Crippen molar-refractivity contribution in [2.24, 2.45) is 11.7 Å². The minimum atomic E-state index is -0.924. The molecule has 0 aromatic heterocycles. The highest BCUT2D eigenvalue weighted by Crippen LogP contribution is 2.11. The van der Waals surface area contributed by atoms with Crippen molar-refractivity contribution in [2.45, 2.75) is 32.7 Å². The first-order valence-corrected chi connectivity index (χ1v) is 4.67. The van der Waals surface area contributed by atoms with Crippen LogP contribution in [-0.4, -0.2) is 29.7 Å². The smallest absolute Gasteiger partial charge is 0.322 e. The normalized spacial score (nSPS) is 14.5. The Kier molecular flexibility index (Phi) is 5.87. The Hall–Kier alpha value is -1.10. The van der Waals surface area contributed by atoms with Gasteiger partial charge in [-0.3, -0.25) is 9.59 Å². The molecule has 2 atom stereocenters. The highest BCUT2D eigenvalue weighted by atomic mass is 16.5. The van der Waals surface area contributed by atoms with Gasteiger partial charge in [0.05, 0.1) is 12.5 Å². The van der Waals surface area contributed by atoms with Crippen LogP contribution in [0.25, 0.3) is 0 Å². The molecular weight excluding hydrogens is 186 g/mol. The Morgan fingerprint density at radius 3 is 2.36 bits per heavy atom. The van der Waals surface area contributed by atoms with E-state index >= 15 is 0 Å². The Balaban J connectivity index is 4.08. The zero-order chi connectivity index (χ0) is 11.1. The minimum absolute atomic E-state index is 0.130. The molecule has 0 fully saturated rings. The summed E-state index contributed by atoms with van der Waals surface area (Å²) in [7, 11) is 0. The van der Waals surface area contributed by atoms with Crippen LogP contribution in [0.1, 0.15) is 26.7 Å². The van der Waals surface area contributed by atoms with E-state index in [0.717, 1.165) is 0 Å². The fraction of sp³-hybridized carbons (Fsp3) is 0.778. The molecule has 0 aromatic carbocycles. The lowest BCUT2D eigenvalue weighted by Gasteiger charge is -2.14. The molecule has 14 heavy (non-hydrogen) atoms. The van der Waals surface area contributed by atoms with Gasteiger partial charge in [-0.05, 0) is 19.8 Å². The average molecular weight is 203 g/mol. The number of carbonyl (C=O) groups excluding carboxylic acids is 1. The van der Waals surface area contributed by atoms with Crippen molar-refractivity contribution in [3.05, 3.63) is 0 Å². The van der Waals surface area contributed by atoms with Crippen LogP contribution < -0.4 is 5.73 Å². The summed E-state index contributed by atoms with van der Waals surface area (Å²) in [5.74, 6) is -2.03. The summed E-state index contributed by atoms with van der Waals surface area (Å²) < 4.78 is 4.67. The minimum Gasteiger partial charge on any atom is -0.481 e. The zero-order valence-corrected chi connectivity index (χ0v) is 8.53. The molecule has 1 unspecified atom stereocenters. The van der Waals surface area contributed by atoms with Crippen LogP contribution in [0.15, 0.2) is 0 Å². The summed E-state index contributed by atoms with van der Waals surface area (Å²) in [6, 6.07) is -0.837. The molecule has 0 spiro atoms. The molecule has 3 N–H and O–H groups in total. The maximum Gasteiger partial charge on any atom is 0.322 e. The molecule has 0 bridgehead atoms. The lowest BCUT2D eigenvalue weighted by molar-refractivity contribution is -0.146. The number of ether oxygens (including phenoxy) is 1. The van der Waals surface area contributed by atoms with Gasteiger partial charge in [-0.1, -0.05) is 6.92 Å². The molecule has 82 valence electrons. The number of carboxylic acids is 1. The van der Waals surface area contributed by atoms with Gasteiger partial charge in [0.15, 0.2) is 0 Å². The van der Waals surface area contributed by atoms with Crippen molar-refractivity contribution < 1.29 is 19.4 Å². The Bertz CT molecular complexity index is 205. The number of aliphatic carboxylic acids is 1. The lowest BCUT2D eigenvalue weighted by Crippen LogP contribution is -2.35. The second-order valence-electron chi connectivity index (χ2n) is 3.04. The quantitative estimate of drug-likeness (QED) is 0.609. The highest BCUT2D eigenvalue weighted by Gasteiger charge is 2.23. The fourth-order valence-corrected chi connectivity index (χ4v) is 1.09. The number of carbonyl (C=O) groups is 2. The summed E-state index contributed by atoms with van der Waals surface area (Å²) in [4.78, 5) is 21.7. The van der Waals surface area contributed by atoms with Crippen LogP contribution in [0.5, 0.6) is 0 Å². The van der Waals surface area contributed by atoms with E-state index < -0.39 is 23.9 Å². The maximum absolute atomic E-state index is 11.1. The number of esters is 1. The third-order valence-corrected chi connectivity index (χ3v) is 1.97. The van der Waals surface area contributed by atoms with Gasteiger partial charge < -0.3 is 15.6 Å². The molecule has 0 radical (unpaired) electrons. The fourth-order valence-electron chi connectivity index (χ4n) is 1.09. The molecule has 0 aliphatic heterocycles. The molecule has 0 saturated carbocycles. The summed E-state index contributed by atoms with van der Waals surface area (Å²) in [6.45, 7) is 3.69. The second-order valence-corrected chi connectivity index (χ2v) is 3.04. The SMILES string of the molecule is CCOC(=O)[C@@H](N)CC(CC)C(=O)O. The Labute approximate surface area is 83.2 Å². The van der Waals surface area contributed by atoms with Gasteiger partial charge in [0.1, 0.15) is 6.04 Å². The molecule has 5 nitrogen and oxygen atoms in total. The van der Waals surface area contributed by atoms with Crippen molar-refractivity contribution in [3.8, 4) is 0 Å². The first-order chi connectivity index (χ1) is 6.52. The van der Waals surface area contributed by atoms with Gasteiger partial charge in [0.25, 0.3) is 0 Å².